The number of hydrogen-bond donors (Lipinski definition) is 0. The number of hydrogen-bond acceptors (Lipinski definition) is 2. The van der Waals surface area contributed by atoms with Crippen LogP contribution in [0, 0.1) is 11.8 Å². The van der Waals surface area contributed by atoms with Crippen LogP contribution in [-0.4, -0.2) is 29.4 Å². The normalized spacial score (nSPS) is 33.5. The van der Waals surface area contributed by atoms with Gasteiger partial charge in [-0.05, 0) is 19.8 Å². The number of amides is 2. The summed E-state index contributed by atoms with van der Waals surface area (Å²) in [6.45, 7) is 1.69. The molecule has 3 atom stereocenters. The fourth-order valence-electron chi connectivity index (χ4n) is 1.78. The van der Waals surface area contributed by atoms with E-state index in [4.69, 9.17) is 0 Å². The smallest absolute Gasteiger partial charge is 0.233 e. The van der Waals surface area contributed by atoms with Crippen LogP contribution in [0.5, 0.6) is 0 Å². The van der Waals surface area contributed by atoms with Gasteiger partial charge in [0, 0.05) is 6.54 Å². The minimum Gasteiger partial charge on any atom is -0.282 e. The third-order valence-corrected chi connectivity index (χ3v) is 2.71. The third kappa shape index (κ3) is 1.34. The van der Waals surface area contributed by atoms with E-state index in [-0.39, 0.29) is 36.6 Å². The number of fused-ring (bicyclic) bond motifs is 1. The lowest BCUT2D eigenvalue weighted by atomic mass is 10.3. The van der Waals surface area contributed by atoms with Gasteiger partial charge in [0.05, 0.1) is 18.0 Å². The number of likely N-dealkylation sites (tertiary alicyclic amines) is 1. The highest BCUT2D eigenvalue weighted by Crippen LogP contribution is 2.46. The Morgan fingerprint density at radius 2 is 2.00 bits per heavy atom. The summed E-state index contributed by atoms with van der Waals surface area (Å²) in [6.07, 6.45) is 0.0357. The van der Waals surface area contributed by atoms with Gasteiger partial charge in [0.15, 0.2) is 0 Å². The maximum absolute atomic E-state index is 12.5. The van der Waals surface area contributed by atoms with Crippen molar-refractivity contribution in [1.29, 1.82) is 0 Å². The van der Waals surface area contributed by atoms with Crippen LogP contribution in [0.4, 0.5) is 4.39 Å². The number of nitrogens with zero attached hydrogens (tertiary/aromatic N) is 1. The summed E-state index contributed by atoms with van der Waals surface area (Å²) in [5.74, 6) is -0.281. The number of halogens is 1. The van der Waals surface area contributed by atoms with E-state index in [1.165, 1.54) is 11.8 Å². The predicted molar refractivity (Wildman–Crippen MR) is 43.5 cm³/mol. The first-order chi connectivity index (χ1) is 6.11. The molecule has 2 aliphatic rings. The van der Waals surface area contributed by atoms with E-state index < -0.39 is 6.17 Å². The molecule has 1 saturated carbocycles. The zero-order valence-electron chi connectivity index (χ0n) is 7.50. The van der Waals surface area contributed by atoms with Crippen molar-refractivity contribution in [1.82, 2.24) is 4.90 Å². The van der Waals surface area contributed by atoms with E-state index in [2.05, 4.69) is 0 Å². The average Bonchev–Trinajstić information content (AvgIpc) is 2.77. The molecule has 1 saturated heterocycles. The lowest BCUT2D eigenvalue weighted by molar-refractivity contribution is -0.141. The molecule has 0 bridgehead atoms. The third-order valence-electron chi connectivity index (χ3n) is 2.71. The Balaban J connectivity index is 1.93. The van der Waals surface area contributed by atoms with Gasteiger partial charge < -0.3 is 0 Å². The van der Waals surface area contributed by atoms with Crippen LogP contribution in [0.3, 0.4) is 0 Å². The summed E-state index contributed by atoms with van der Waals surface area (Å²) in [4.78, 5) is 23.9. The first-order valence-corrected chi connectivity index (χ1v) is 4.60. The summed E-state index contributed by atoms with van der Waals surface area (Å²) >= 11 is 0. The molecule has 72 valence electrons. The molecule has 0 aromatic rings. The second-order valence-electron chi connectivity index (χ2n) is 3.85. The van der Waals surface area contributed by atoms with Crippen LogP contribution >= 0.6 is 0 Å². The van der Waals surface area contributed by atoms with E-state index in [9.17, 15) is 14.0 Å². The van der Waals surface area contributed by atoms with Gasteiger partial charge in [-0.15, -0.1) is 0 Å². The van der Waals surface area contributed by atoms with E-state index in [0.29, 0.717) is 0 Å². The Bertz CT molecular complexity index is 244. The van der Waals surface area contributed by atoms with Crippen molar-refractivity contribution in [2.75, 3.05) is 6.54 Å². The molecule has 0 aromatic heterocycles. The molecule has 1 aliphatic carbocycles. The van der Waals surface area contributed by atoms with E-state index in [1.54, 1.807) is 0 Å². The van der Waals surface area contributed by atoms with Crippen LogP contribution in [0.1, 0.15) is 19.8 Å². The van der Waals surface area contributed by atoms with Crippen molar-refractivity contribution in [3.63, 3.8) is 0 Å². The molecule has 0 spiro atoms. The molecule has 1 aliphatic heterocycles. The van der Waals surface area contributed by atoms with Gasteiger partial charge in [0.1, 0.15) is 0 Å². The van der Waals surface area contributed by atoms with Gasteiger partial charge in [-0.1, -0.05) is 0 Å². The maximum atomic E-state index is 12.5. The lowest BCUT2D eigenvalue weighted by Gasteiger charge is -2.16. The Morgan fingerprint density at radius 1 is 1.46 bits per heavy atom. The van der Waals surface area contributed by atoms with Crippen molar-refractivity contribution in [3.8, 4) is 0 Å². The Hall–Kier alpha value is -0.930. The first-order valence-electron chi connectivity index (χ1n) is 4.60. The van der Waals surface area contributed by atoms with E-state index >= 15 is 0 Å². The molecule has 0 aromatic carbocycles. The first kappa shape index (κ1) is 8.66. The second-order valence-corrected chi connectivity index (χ2v) is 3.85. The molecular weight excluding hydrogens is 173 g/mol. The van der Waals surface area contributed by atoms with Crippen LogP contribution in [-0.2, 0) is 9.59 Å². The largest absolute Gasteiger partial charge is 0.282 e. The summed E-state index contributed by atoms with van der Waals surface area (Å²) in [5, 5.41) is 0. The number of imide groups is 1. The average molecular weight is 185 g/mol. The maximum Gasteiger partial charge on any atom is 0.233 e. The number of carbonyl (C=O) groups excluding carboxylic acids is 2. The lowest BCUT2D eigenvalue weighted by Crippen LogP contribution is -2.34. The quantitative estimate of drug-likeness (QED) is 0.608. The monoisotopic (exact) mass is 185 g/mol. The zero-order valence-corrected chi connectivity index (χ0v) is 7.50. The molecular formula is C9H12FNO2. The van der Waals surface area contributed by atoms with Crippen molar-refractivity contribution < 1.29 is 14.0 Å². The Kier molecular flexibility index (Phi) is 1.86. The summed E-state index contributed by atoms with van der Waals surface area (Å²) in [6, 6.07) is 0. The van der Waals surface area contributed by atoms with Gasteiger partial charge in [-0.25, -0.2) is 4.39 Å². The van der Waals surface area contributed by atoms with Gasteiger partial charge in [-0.3, -0.25) is 14.5 Å². The van der Waals surface area contributed by atoms with Gasteiger partial charge in [0.2, 0.25) is 11.8 Å². The number of alkyl halides is 1. The van der Waals surface area contributed by atoms with E-state index in [0.717, 1.165) is 6.42 Å². The fraction of sp³-hybridized carbons (Fsp3) is 0.778. The minimum absolute atomic E-state index is 0.0533. The minimum atomic E-state index is -0.947. The molecule has 4 heteroatoms. The molecule has 2 fully saturated rings. The zero-order chi connectivity index (χ0) is 9.59. The number of rotatable bonds is 3. The highest BCUT2D eigenvalue weighted by molar-refractivity contribution is 6.08. The molecule has 0 radical (unpaired) electrons. The standard InChI is InChI=1S/C9H12FNO2/c1-5(10)2-3-11-8(12)6-4-7(6)9(11)13/h5-7H,2-4H2,1H3. The molecule has 1 heterocycles. The van der Waals surface area contributed by atoms with Crippen LogP contribution < -0.4 is 0 Å². The van der Waals surface area contributed by atoms with Crippen LogP contribution in [0.15, 0.2) is 0 Å². The van der Waals surface area contributed by atoms with Gasteiger partial charge in [-0.2, -0.15) is 0 Å². The molecule has 2 amide bonds. The van der Waals surface area contributed by atoms with Crippen molar-refractivity contribution in [2.24, 2.45) is 11.8 Å². The van der Waals surface area contributed by atoms with Gasteiger partial charge >= 0.3 is 0 Å². The van der Waals surface area contributed by atoms with Crippen molar-refractivity contribution in [3.05, 3.63) is 0 Å². The molecule has 3 nitrogen and oxygen atoms in total. The topological polar surface area (TPSA) is 37.4 Å². The van der Waals surface area contributed by atoms with E-state index in [1.807, 2.05) is 0 Å². The predicted octanol–water partition coefficient (Wildman–Crippen LogP) is 0.739. The summed E-state index contributed by atoms with van der Waals surface area (Å²) in [7, 11) is 0. The Morgan fingerprint density at radius 3 is 2.46 bits per heavy atom. The second kappa shape index (κ2) is 2.79. The Labute approximate surface area is 75.9 Å². The number of carbonyl (C=O) groups is 2. The highest BCUT2D eigenvalue weighted by Gasteiger charge is 2.58. The van der Waals surface area contributed by atoms with Crippen molar-refractivity contribution >= 4 is 11.8 Å². The highest BCUT2D eigenvalue weighted by atomic mass is 19.1. The molecule has 13 heavy (non-hydrogen) atoms. The molecule has 0 N–H and O–H groups in total. The van der Waals surface area contributed by atoms with Gasteiger partial charge in [0.25, 0.3) is 0 Å². The summed E-state index contributed by atoms with van der Waals surface area (Å²) in [5.41, 5.74) is 0. The fourth-order valence-corrected chi connectivity index (χ4v) is 1.78. The molecule has 3 unspecified atom stereocenters. The van der Waals surface area contributed by atoms with Crippen LogP contribution in [0.25, 0.3) is 0 Å². The summed E-state index contributed by atoms with van der Waals surface area (Å²) < 4.78 is 12.5. The molecule has 2 rings (SSSR count). The van der Waals surface area contributed by atoms with Crippen molar-refractivity contribution in [2.45, 2.75) is 25.9 Å². The van der Waals surface area contributed by atoms with Crippen LogP contribution in [0.2, 0.25) is 0 Å². The number of piperidine rings is 1. The SMILES string of the molecule is CC(F)CCN1C(=O)C2CC2C1=O.